The highest BCUT2D eigenvalue weighted by Gasteiger charge is 2.14. The summed E-state index contributed by atoms with van der Waals surface area (Å²) in [6, 6.07) is 11.2. The standard InChI is InChI=1S/C17H11Cl2FN2OS/c18-14-2-1-3-15(19)17(14)24-10-16-21-8-13(9-23)22(16)12-6-4-11(20)5-7-12/h1-9H,10H2. The fourth-order valence-corrected chi connectivity index (χ4v) is 3.85. The molecule has 0 amide bonds. The van der Waals surface area contributed by atoms with E-state index in [0.717, 1.165) is 4.90 Å². The topological polar surface area (TPSA) is 34.9 Å². The van der Waals surface area contributed by atoms with Crippen LogP contribution < -0.4 is 0 Å². The van der Waals surface area contributed by atoms with Crippen molar-refractivity contribution in [3.05, 3.63) is 76.0 Å². The van der Waals surface area contributed by atoms with Gasteiger partial charge in [-0.1, -0.05) is 29.3 Å². The van der Waals surface area contributed by atoms with Gasteiger partial charge in [-0.25, -0.2) is 9.37 Å². The quantitative estimate of drug-likeness (QED) is 0.437. The van der Waals surface area contributed by atoms with Crippen molar-refractivity contribution < 1.29 is 9.18 Å². The molecule has 0 bridgehead atoms. The number of carbonyl (C=O) groups excluding carboxylic acids is 1. The summed E-state index contributed by atoms with van der Waals surface area (Å²) >= 11 is 13.8. The zero-order valence-corrected chi connectivity index (χ0v) is 14.6. The minimum absolute atomic E-state index is 0.342. The summed E-state index contributed by atoms with van der Waals surface area (Å²) in [5.74, 6) is 0.754. The summed E-state index contributed by atoms with van der Waals surface area (Å²) in [5.41, 5.74) is 1.05. The molecule has 3 nitrogen and oxygen atoms in total. The van der Waals surface area contributed by atoms with Gasteiger partial charge in [0.2, 0.25) is 0 Å². The molecule has 0 spiro atoms. The molecule has 7 heteroatoms. The smallest absolute Gasteiger partial charge is 0.168 e. The van der Waals surface area contributed by atoms with Gasteiger partial charge in [0.1, 0.15) is 17.3 Å². The molecule has 24 heavy (non-hydrogen) atoms. The minimum atomic E-state index is -0.342. The van der Waals surface area contributed by atoms with E-state index in [4.69, 9.17) is 23.2 Å². The number of imidazole rings is 1. The molecule has 122 valence electrons. The maximum Gasteiger partial charge on any atom is 0.168 e. The van der Waals surface area contributed by atoms with E-state index in [1.54, 1.807) is 34.9 Å². The Bertz CT molecular complexity index is 861. The molecule has 0 saturated carbocycles. The van der Waals surface area contributed by atoms with Gasteiger partial charge in [-0.15, -0.1) is 11.8 Å². The lowest BCUT2D eigenvalue weighted by atomic mass is 10.3. The van der Waals surface area contributed by atoms with Crippen molar-refractivity contribution >= 4 is 41.2 Å². The van der Waals surface area contributed by atoms with Crippen molar-refractivity contribution in [1.29, 1.82) is 0 Å². The van der Waals surface area contributed by atoms with Crippen LogP contribution in [-0.4, -0.2) is 15.8 Å². The lowest BCUT2D eigenvalue weighted by Crippen LogP contribution is -2.04. The molecule has 0 aliphatic rings. The Labute approximate surface area is 152 Å². The number of rotatable bonds is 5. The predicted octanol–water partition coefficient (Wildman–Crippen LogP) is 5.42. The third-order valence-electron chi connectivity index (χ3n) is 3.33. The normalized spacial score (nSPS) is 10.8. The summed E-state index contributed by atoms with van der Waals surface area (Å²) in [4.78, 5) is 16.3. The molecule has 0 fully saturated rings. The minimum Gasteiger partial charge on any atom is -0.296 e. The number of hydrogen-bond acceptors (Lipinski definition) is 3. The van der Waals surface area contributed by atoms with Gasteiger partial charge >= 0.3 is 0 Å². The summed E-state index contributed by atoms with van der Waals surface area (Å²) in [6.07, 6.45) is 2.20. The van der Waals surface area contributed by atoms with E-state index >= 15 is 0 Å². The van der Waals surface area contributed by atoms with Gasteiger partial charge in [0.05, 0.1) is 22.0 Å². The highest BCUT2D eigenvalue weighted by molar-refractivity contribution is 7.98. The van der Waals surface area contributed by atoms with Crippen LogP contribution >= 0.6 is 35.0 Å². The molecule has 1 aromatic heterocycles. The Morgan fingerprint density at radius 1 is 1.12 bits per heavy atom. The lowest BCUT2D eigenvalue weighted by Gasteiger charge is -2.11. The van der Waals surface area contributed by atoms with E-state index in [0.29, 0.717) is 39.3 Å². The van der Waals surface area contributed by atoms with Crippen LogP contribution in [0.3, 0.4) is 0 Å². The van der Waals surface area contributed by atoms with Crippen LogP contribution in [0, 0.1) is 5.82 Å². The molecule has 0 unspecified atom stereocenters. The number of carbonyl (C=O) groups is 1. The first-order valence-electron chi connectivity index (χ1n) is 6.94. The second-order valence-electron chi connectivity index (χ2n) is 4.87. The molecule has 3 aromatic rings. The van der Waals surface area contributed by atoms with Crippen molar-refractivity contribution in [2.75, 3.05) is 0 Å². The van der Waals surface area contributed by atoms with Crippen molar-refractivity contribution in [3.63, 3.8) is 0 Å². The van der Waals surface area contributed by atoms with Crippen LogP contribution in [0.4, 0.5) is 4.39 Å². The van der Waals surface area contributed by atoms with Crippen molar-refractivity contribution in [2.24, 2.45) is 0 Å². The van der Waals surface area contributed by atoms with Crippen LogP contribution in [-0.2, 0) is 5.75 Å². The summed E-state index contributed by atoms with van der Waals surface area (Å²) in [6.45, 7) is 0. The number of nitrogens with zero attached hydrogens (tertiary/aromatic N) is 2. The van der Waals surface area contributed by atoms with Crippen LogP contribution in [0.5, 0.6) is 0 Å². The Hall–Kier alpha value is -1.82. The van der Waals surface area contributed by atoms with E-state index in [-0.39, 0.29) is 5.82 Å². The molecule has 3 rings (SSSR count). The highest BCUT2D eigenvalue weighted by Crippen LogP contribution is 2.35. The van der Waals surface area contributed by atoms with E-state index in [2.05, 4.69) is 4.98 Å². The third-order valence-corrected chi connectivity index (χ3v) is 5.32. The Kier molecular flexibility index (Phi) is 5.23. The van der Waals surface area contributed by atoms with E-state index in [9.17, 15) is 9.18 Å². The maximum atomic E-state index is 13.1. The van der Waals surface area contributed by atoms with Crippen LogP contribution in [0.25, 0.3) is 5.69 Å². The number of aromatic nitrogens is 2. The molecule has 2 aromatic carbocycles. The predicted molar refractivity (Wildman–Crippen MR) is 94.9 cm³/mol. The molecule has 1 heterocycles. The summed E-state index contributed by atoms with van der Waals surface area (Å²) < 4.78 is 14.8. The van der Waals surface area contributed by atoms with E-state index in [1.165, 1.54) is 30.1 Å². The molecule has 0 atom stereocenters. The van der Waals surface area contributed by atoms with Gasteiger partial charge in [-0.05, 0) is 36.4 Å². The summed E-state index contributed by atoms with van der Waals surface area (Å²) in [5, 5.41) is 1.12. The average Bonchev–Trinajstić information content (AvgIpc) is 2.98. The molecule has 0 aliphatic carbocycles. The maximum absolute atomic E-state index is 13.1. The van der Waals surface area contributed by atoms with Gasteiger partial charge < -0.3 is 0 Å². The number of benzene rings is 2. The first-order chi connectivity index (χ1) is 11.6. The van der Waals surface area contributed by atoms with Crippen LogP contribution in [0.2, 0.25) is 10.0 Å². The van der Waals surface area contributed by atoms with Crippen molar-refractivity contribution in [3.8, 4) is 5.69 Å². The first-order valence-corrected chi connectivity index (χ1v) is 8.69. The molecule has 0 radical (unpaired) electrons. The Balaban J connectivity index is 1.93. The second-order valence-corrected chi connectivity index (χ2v) is 6.67. The lowest BCUT2D eigenvalue weighted by molar-refractivity contribution is 0.111. The van der Waals surface area contributed by atoms with Crippen molar-refractivity contribution in [2.45, 2.75) is 10.6 Å². The fraction of sp³-hybridized carbons (Fsp3) is 0.0588. The second kappa shape index (κ2) is 7.38. The Morgan fingerprint density at radius 3 is 2.42 bits per heavy atom. The molecular formula is C17H11Cl2FN2OS. The number of aldehydes is 1. The van der Waals surface area contributed by atoms with Crippen LogP contribution in [0.15, 0.2) is 53.6 Å². The molecule has 0 saturated heterocycles. The number of hydrogen-bond donors (Lipinski definition) is 0. The van der Waals surface area contributed by atoms with Gasteiger partial charge in [0, 0.05) is 10.6 Å². The Morgan fingerprint density at radius 2 is 1.79 bits per heavy atom. The largest absolute Gasteiger partial charge is 0.296 e. The van der Waals surface area contributed by atoms with E-state index in [1.807, 2.05) is 0 Å². The highest BCUT2D eigenvalue weighted by atomic mass is 35.5. The van der Waals surface area contributed by atoms with Gasteiger partial charge in [-0.2, -0.15) is 0 Å². The molecule has 0 aliphatic heterocycles. The molecular weight excluding hydrogens is 370 g/mol. The van der Waals surface area contributed by atoms with Crippen LogP contribution in [0.1, 0.15) is 16.3 Å². The fourth-order valence-electron chi connectivity index (χ4n) is 2.24. The first kappa shape index (κ1) is 17.0. The number of thioether (sulfide) groups is 1. The zero-order chi connectivity index (χ0) is 17.1. The van der Waals surface area contributed by atoms with Gasteiger partial charge in [-0.3, -0.25) is 9.36 Å². The van der Waals surface area contributed by atoms with Gasteiger partial charge in [0.15, 0.2) is 6.29 Å². The van der Waals surface area contributed by atoms with Crippen molar-refractivity contribution in [1.82, 2.24) is 9.55 Å². The third kappa shape index (κ3) is 3.48. The monoisotopic (exact) mass is 380 g/mol. The molecule has 0 N–H and O–H groups in total. The van der Waals surface area contributed by atoms with E-state index < -0.39 is 0 Å². The average molecular weight is 381 g/mol. The number of halogens is 3. The van der Waals surface area contributed by atoms with Gasteiger partial charge in [0.25, 0.3) is 0 Å². The SMILES string of the molecule is O=Cc1cnc(CSc2c(Cl)cccc2Cl)n1-c1ccc(F)cc1. The summed E-state index contributed by atoms with van der Waals surface area (Å²) in [7, 11) is 0. The zero-order valence-electron chi connectivity index (χ0n) is 12.2.